The smallest absolute Gasteiger partial charge is 0.161 e. The van der Waals surface area contributed by atoms with Crippen molar-refractivity contribution in [1.29, 1.82) is 0 Å². The van der Waals surface area contributed by atoms with Gasteiger partial charge in [-0.1, -0.05) is 30.7 Å². The highest BCUT2D eigenvalue weighted by molar-refractivity contribution is 6.31. The molecule has 0 bridgehead atoms. The molecule has 0 amide bonds. The van der Waals surface area contributed by atoms with Crippen LogP contribution in [0.15, 0.2) is 36.4 Å². The van der Waals surface area contributed by atoms with Gasteiger partial charge in [-0.25, -0.2) is 4.39 Å². The molecule has 1 aliphatic heterocycles. The van der Waals surface area contributed by atoms with Crippen molar-refractivity contribution in [2.45, 2.75) is 45.9 Å². The zero-order chi connectivity index (χ0) is 20.6. The molecule has 2 aromatic rings. The number of hydrogen-bond donors (Lipinski definition) is 1. The maximum absolute atomic E-state index is 14.0. The Morgan fingerprint density at radius 1 is 1.17 bits per heavy atom. The Morgan fingerprint density at radius 3 is 2.79 bits per heavy atom. The third kappa shape index (κ3) is 5.84. The van der Waals surface area contributed by atoms with Crippen molar-refractivity contribution >= 4 is 11.6 Å². The second kappa shape index (κ2) is 10.8. The predicted octanol–water partition coefficient (Wildman–Crippen LogP) is 5.03. The normalized spacial score (nSPS) is 16.9. The minimum Gasteiger partial charge on any atom is -0.490 e. The minimum absolute atomic E-state index is 0.0533. The number of nitrogens with one attached hydrogen (secondary N) is 1. The Hall–Kier alpha value is -1.82. The Balaban J connectivity index is 1.60. The molecule has 0 aromatic heterocycles. The molecule has 1 saturated heterocycles. The monoisotopic (exact) mass is 420 g/mol. The summed E-state index contributed by atoms with van der Waals surface area (Å²) in [4.78, 5) is 2.53. The summed E-state index contributed by atoms with van der Waals surface area (Å²) >= 11 is 6.09. The van der Waals surface area contributed by atoms with Crippen molar-refractivity contribution in [1.82, 2.24) is 10.2 Å². The van der Waals surface area contributed by atoms with Gasteiger partial charge in [-0.2, -0.15) is 0 Å². The summed E-state index contributed by atoms with van der Waals surface area (Å²) in [6, 6.07) is 11.1. The number of ether oxygens (including phenoxy) is 2. The lowest BCUT2D eigenvalue weighted by Gasteiger charge is -2.23. The Kier molecular flexibility index (Phi) is 8.16. The first kappa shape index (κ1) is 21.9. The van der Waals surface area contributed by atoms with E-state index in [-0.39, 0.29) is 12.4 Å². The van der Waals surface area contributed by atoms with Crippen LogP contribution >= 0.6 is 11.6 Å². The van der Waals surface area contributed by atoms with E-state index in [1.807, 2.05) is 25.1 Å². The summed E-state index contributed by atoms with van der Waals surface area (Å²) in [5.74, 6) is 0.877. The van der Waals surface area contributed by atoms with Crippen LogP contribution in [0.5, 0.6) is 11.5 Å². The van der Waals surface area contributed by atoms with Crippen LogP contribution in [-0.4, -0.2) is 37.2 Å². The van der Waals surface area contributed by atoms with Crippen LogP contribution in [-0.2, 0) is 13.2 Å². The fourth-order valence-corrected chi connectivity index (χ4v) is 4.01. The quantitative estimate of drug-likeness (QED) is 0.584. The average Bonchev–Trinajstić information content (AvgIpc) is 3.16. The fourth-order valence-electron chi connectivity index (χ4n) is 3.80. The zero-order valence-corrected chi connectivity index (χ0v) is 18.0. The average molecular weight is 421 g/mol. The first-order valence-corrected chi connectivity index (χ1v) is 10.8. The highest BCUT2D eigenvalue weighted by Crippen LogP contribution is 2.30. The second-order valence-electron chi connectivity index (χ2n) is 7.26. The van der Waals surface area contributed by atoms with Gasteiger partial charge in [-0.3, -0.25) is 4.90 Å². The second-order valence-corrected chi connectivity index (χ2v) is 7.67. The number of likely N-dealkylation sites (tertiary alicyclic amines) is 1. The van der Waals surface area contributed by atoms with Crippen LogP contribution in [0.25, 0.3) is 0 Å². The van der Waals surface area contributed by atoms with E-state index < -0.39 is 0 Å². The van der Waals surface area contributed by atoms with Gasteiger partial charge >= 0.3 is 0 Å². The molecule has 2 aromatic carbocycles. The molecule has 3 rings (SSSR count). The number of benzene rings is 2. The van der Waals surface area contributed by atoms with Crippen LogP contribution in [0.3, 0.4) is 0 Å². The van der Waals surface area contributed by atoms with Crippen molar-refractivity contribution in [3.05, 3.63) is 58.4 Å². The molecule has 1 fully saturated rings. The molecule has 1 atom stereocenters. The van der Waals surface area contributed by atoms with Crippen LogP contribution in [0, 0.1) is 5.82 Å². The molecular weight excluding hydrogens is 391 g/mol. The van der Waals surface area contributed by atoms with Gasteiger partial charge in [0.25, 0.3) is 0 Å². The summed E-state index contributed by atoms with van der Waals surface area (Å²) in [6.07, 6.45) is 2.54. The third-order valence-electron chi connectivity index (χ3n) is 5.36. The van der Waals surface area contributed by atoms with Gasteiger partial charge in [0.05, 0.1) is 11.6 Å². The molecule has 0 radical (unpaired) electrons. The van der Waals surface area contributed by atoms with Gasteiger partial charge in [0, 0.05) is 24.7 Å². The Labute approximate surface area is 178 Å². The van der Waals surface area contributed by atoms with E-state index in [9.17, 15) is 4.39 Å². The number of likely N-dealkylation sites (N-methyl/N-ethyl adjacent to an activating group) is 1. The van der Waals surface area contributed by atoms with Crippen LogP contribution in [0.4, 0.5) is 4.39 Å². The van der Waals surface area contributed by atoms with Crippen LogP contribution in [0.1, 0.15) is 37.8 Å². The minimum atomic E-state index is -0.371. The Bertz CT molecular complexity index is 782. The molecule has 1 aliphatic rings. The first-order valence-electron chi connectivity index (χ1n) is 10.4. The van der Waals surface area contributed by atoms with E-state index in [1.54, 1.807) is 12.1 Å². The number of hydrogen-bond acceptors (Lipinski definition) is 4. The van der Waals surface area contributed by atoms with E-state index in [4.69, 9.17) is 21.1 Å². The number of halogens is 2. The lowest BCUT2D eigenvalue weighted by Crippen LogP contribution is -2.37. The molecule has 4 nitrogen and oxygen atoms in total. The van der Waals surface area contributed by atoms with Crippen LogP contribution in [0.2, 0.25) is 5.02 Å². The van der Waals surface area contributed by atoms with E-state index in [2.05, 4.69) is 17.1 Å². The maximum atomic E-state index is 14.0. The summed E-state index contributed by atoms with van der Waals surface area (Å²) in [6.45, 7) is 8.81. The molecule has 0 saturated carbocycles. The number of nitrogens with zero attached hydrogens (tertiary/aromatic N) is 1. The van der Waals surface area contributed by atoms with Gasteiger partial charge in [0.15, 0.2) is 11.5 Å². The van der Waals surface area contributed by atoms with Crippen LogP contribution < -0.4 is 14.8 Å². The van der Waals surface area contributed by atoms with Gasteiger partial charge < -0.3 is 14.8 Å². The van der Waals surface area contributed by atoms with Crippen molar-refractivity contribution in [3.63, 3.8) is 0 Å². The molecule has 1 N–H and O–H groups in total. The lowest BCUT2D eigenvalue weighted by molar-refractivity contribution is 0.259. The van der Waals surface area contributed by atoms with Crippen molar-refractivity contribution in [2.75, 3.05) is 26.2 Å². The molecule has 0 unspecified atom stereocenters. The molecular formula is C23H30ClFN2O2. The molecule has 1 heterocycles. The third-order valence-corrected chi connectivity index (χ3v) is 5.71. The van der Waals surface area contributed by atoms with Crippen molar-refractivity contribution in [3.8, 4) is 11.5 Å². The highest BCUT2D eigenvalue weighted by atomic mass is 35.5. The molecule has 6 heteroatoms. The first-order chi connectivity index (χ1) is 14.1. The molecule has 158 valence electrons. The zero-order valence-electron chi connectivity index (χ0n) is 17.2. The van der Waals surface area contributed by atoms with Gasteiger partial charge in [-0.15, -0.1) is 0 Å². The summed E-state index contributed by atoms with van der Waals surface area (Å²) in [5, 5.41) is 3.92. The van der Waals surface area contributed by atoms with E-state index in [1.165, 1.54) is 25.5 Å². The fraction of sp³-hybridized carbons (Fsp3) is 0.478. The SMILES string of the molecule is CCOc1cc(CNC[C@H]2CCCN2CC)ccc1OCc1c(F)cccc1Cl. The van der Waals surface area contributed by atoms with Gasteiger partial charge in [0.2, 0.25) is 0 Å². The van der Waals surface area contributed by atoms with E-state index in [0.717, 1.165) is 25.2 Å². The molecule has 0 spiro atoms. The largest absolute Gasteiger partial charge is 0.490 e. The summed E-state index contributed by atoms with van der Waals surface area (Å²) in [7, 11) is 0. The highest BCUT2D eigenvalue weighted by Gasteiger charge is 2.22. The van der Waals surface area contributed by atoms with E-state index in [0.29, 0.717) is 34.7 Å². The molecule has 29 heavy (non-hydrogen) atoms. The van der Waals surface area contributed by atoms with Crippen molar-refractivity contribution in [2.24, 2.45) is 0 Å². The topological polar surface area (TPSA) is 33.7 Å². The Morgan fingerprint density at radius 2 is 2.03 bits per heavy atom. The summed E-state index contributed by atoms with van der Waals surface area (Å²) in [5.41, 5.74) is 1.48. The maximum Gasteiger partial charge on any atom is 0.161 e. The number of rotatable bonds is 10. The van der Waals surface area contributed by atoms with Gasteiger partial charge in [-0.05, 0) is 62.7 Å². The molecule has 0 aliphatic carbocycles. The van der Waals surface area contributed by atoms with Gasteiger partial charge in [0.1, 0.15) is 12.4 Å². The summed E-state index contributed by atoms with van der Waals surface area (Å²) < 4.78 is 25.6. The standard InChI is InChI=1S/C23H30ClFN2O2/c1-3-27-12-6-7-18(27)15-26-14-17-10-11-22(23(13-17)28-4-2)29-16-19-20(24)8-5-9-21(19)25/h5,8-11,13,18,26H,3-4,6-7,12,14-16H2,1-2H3/t18-/m1/s1. The van der Waals surface area contributed by atoms with E-state index >= 15 is 0 Å². The predicted molar refractivity (Wildman–Crippen MR) is 115 cm³/mol. The lowest BCUT2D eigenvalue weighted by atomic mass is 10.1. The van der Waals surface area contributed by atoms with Crippen molar-refractivity contribution < 1.29 is 13.9 Å².